The number of para-hydroxylation sites is 1. The van der Waals surface area contributed by atoms with Crippen molar-refractivity contribution in [1.82, 2.24) is 20.2 Å². The summed E-state index contributed by atoms with van der Waals surface area (Å²) in [5, 5.41) is 7.41. The van der Waals surface area contributed by atoms with Gasteiger partial charge in [-0.15, -0.1) is 0 Å². The molecule has 21 heavy (non-hydrogen) atoms. The predicted molar refractivity (Wildman–Crippen MR) is 78.6 cm³/mol. The molecule has 0 aliphatic heterocycles. The molecular weight excluding hydrogens is 273 g/mol. The predicted octanol–water partition coefficient (Wildman–Crippen LogP) is 1.94. The number of halogens is 1. The Bertz CT molecular complexity index is 770. The lowest BCUT2D eigenvalue weighted by atomic mass is 10.2. The van der Waals surface area contributed by atoms with Crippen LogP contribution in [0.15, 0.2) is 30.5 Å². The minimum Gasteiger partial charge on any atom is -0.323 e. The number of rotatable bonds is 4. The summed E-state index contributed by atoms with van der Waals surface area (Å²) in [5.74, 6) is 5.83. The number of hydrogen-bond acceptors (Lipinski definition) is 6. The summed E-state index contributed by atoms with van der Waals surface area (Å²) < 4.78 is 14.1. The topological polar surface area (TPSA) is 95.8 Å². The van der Waals surface area contributed by atoms with Crippen molar-refractivity contribution in [3.63, 3.8) is 0 Å². The highest BCUT2D eigenvalue weighted by molar-refractivity contribution is 5.90. The number of H-pyrrole nitrogens is 1. The van der Waals surface area contributed by atoms with Crippen LogP contribution in [-0.4, -0.2) is 26.7 Å². The van der Waals surface area contributed by atoms with Gasteiger partial charge in [-0.05, 0) is 19.1 Å². The summed E-state index contributed by atoms with van der Waals surface area (Å²) in [6.45, 7) is 2.44. The van der Waals surface area contributed by atoms with E-state index in [1.165, 1.54) is 6.07 Å². The van der Waals surface area contributed by atoms with Gasteiger partial charge in [-0.1, -0.05) is 12.1 Å². The van der Waals surface area contributed by atoms with E-state index in [9.17, 15) is 4.39 Å². The van der Waals surface area contributed by atoms with Crippen LogP contribution >= 0.6 is 0 Å². The van der Waals surface area contributed by atoms with Gasteiger partial charge >= 0.3 is 0 Å². The molecule has 0 fully saturated rings. The van der Waals surface area contributed by atoms with Crippen molar-refractivity contribution in [2.24, 2.45) is 5.84 Å². The number of aromatic amines is 1. The van der Waals surface area contributed by atoms with Crippen LogP contribution in [-0.2, 0) is 0 Å². The van der Waals surface area contributed by atoms with E-state index in [0.29, 0.717) is 29.1 Å². The summed E-state index contributed by atoms with van der Waals surface area (Å²) in [4.78, 5) is 10.2. The Morgan fingerprint density at radius 2 is 2.14 bits per heavy atom. The smallest absolute Gasteiger partial charge is 0.241 e. The van der Waals surface area contributed by atoms with Crippen molar-refractivity contribution in [2.75, 3.05) is 16.9 Å². The zero-order valence-corrected chi connectivity index (χ0v) is 11.3. The molecule has 8 heteroatoms. The first-order valence-electron chi connectivity index (χ1n) is 6.44. The number of anilines is 3. The molecule has 7 nitrogen and oxygen atoms in total. The molecule has 0 spiro atoms. The van der Waals surface area contributed by atoms with E-state index in [0.717, 1.165) is 0 Å². The number of hydrazine groups is 1. The zero-order valence-electron chi connectivity index (χ0n) is 11.3. The van der Waals surface area contributed by atoms with Crippen molar-refractivity contribution in [3.8, 4) is 0 Å². The summed E-state index contributed by atoms with van der Waals surface area (Å²) >= 11 is 0. The number of nitrogens with two attached hydrogens (primary N) is 1. The fraction of sp³-hybridized carbons (Fsp3) is 0.154. The SMILES string of the molecule is CCN(c1ccccc1F)c1nc(NN)nc2[nH]ncc12. The second kappa shape index (κ2) is 5.33. The highest BCUT2D eigenvalue weighted by Gasteiger charge is 2.18. The molecule has 4 N–H and O–H groups in total. The van der Waals surface area contributed by atoms with Crippen LogP contribution in [0.5, 0.6) is 0 Å². The lowest BCUT2D eigenvalue weighted by molar-refractivity contribution is 0.625. The van der Waals surface area contributed by atoms with Crippen molar-refractivity contribution in [1.29, 1.82) is 0 Å². The third-order valence-corrected chi connectivity index (χ3v) is 3.13. The third-order valence-electron chi connectivity index (χ3n) is 3.13. The van der Waals surface area contributed by atoms with E-state index < -0.39 is 0 Å². The van der Waals surface area contributed by atoms with Crippen LogP contribution in [0.4, 0.5) is 21.8 Å². The third kappa shape index (κ3) is 2.25. The van der Waals surface area contributed by atoms with E-state index in [4.69, 9.17) is 5.84 Å². The number of aromatic nitrogens is 4. The Labute approximate surface area is 120 Å². The number of nitrogens with one attached hydrogen (secondary N) is 2. The maximum Gasteiger partial charge on any atom is 0.241 e. The summed E-state index contributed by atoms with van der Waals surface area (Å²) in [6, 6.07) is 6.53. The summed E-state index contributed by atoms with van der Waals surface area (Å²) in [5.41, 5.74) is 3.37. The monoisotopic (exact) mass is 287 g/mol. The Morgan fingerprint density at radius 3 is 2.86 bits per heavy atom. The molecule has 2 aromatic heterocycles. The van der Waals surface area contributed by atoms with Gasteiger partial charge in [0.1, 0.15) is 11.6 Å². The van der Waals surface area contributed by atoms with Crippen LogP contribution in [0.25, 0.3) is 11.0 Å². The van der Waals surface area contributed by atoms with Crippen LogP contribution < -0.4 is 16.2 Å². The molecule has 0 amide bonds. The Hall–Kier alpha value is -2.74. The zero-order chi connectivity index (χ0) is 14.8. The van der Waals surface area contributed by atoms with E-state index in [1.54, 1.807) is 29.3 Å². The minimum atomic E-state index is -0.322. The normalized spacial score (nSPS) is 10.8. The molecule has 0 saturated heterocycles. The van der Waals surface area contributed by atoms with Crippen LogP contribution in [0, 0.1) is 5.82 Å². The number of nitrogen functional groups attached to an aromatic ring is 1. The number of nitrogens with zero attached hydrogens (tertiary/aromatic N) is 4. The average Bonchev–Trinajstić information content (AvgIpc) is 2.98. The van der Waals surface area contributed by atoms with Gasteiger partial charge in [0.25, 0.3) is 0 Å². The first-order valence-corrected chi connectivity index (χ1v) is 6.44. The van der Waals surface area contributed by atoms with E-state index in [-0.39, 0.29) is 11.8 Å². The Balaban J connectivity index is 2.21. The number of fused-ring (bicyclic) bond motifs is 1. The molecule has 3 rings (SSSR count). The molecule has 3 aromatic rings. The molecule has 0 aliphatic rings. The molecule has 0 bridgehead atoms. The minimum absolute atomic E-state index is 0.233. The highest BCUT2D eigenvalue weighted by atomic mass is 19.1. The molecule has 0 atom stereocenters. The second-order valence-electron chi connectivity index (χ2n) is 4.34. The maximum atomic E-state index is 14.1. The number of benzene rings is 1. The maximum absolute atomic E-state index is 14.1. The fourth-order valence-corrected chi connectivity index (χ4v) is 2.19. The van der Waals surface area contributed by atoms with E-state index in [2.05, 4.69) is 25.6 Å². The van der Waals surface area contributed by atoms with Gasteiger partial charge < -0.3 is 4.90 Å². The Morgan fingerprint density at radius 1 is 1.33 bits per heavy atom. The molecule has 108 valence electrons. The average molecular weight is 287 g/mol. The van der Waals surface area contributed by atoms with Gasteiger partial charge in [-0.3, -0.25) is 10.5 Å². The van der Waals surface area contributed by atoms with Gasteiger partial charge in [0, 0.05) is 6.54 Å². The molecular formula is C13H14FN7. The quantitative estimate of drug-likeness (QED) is 0.501. The standard InChI is InChI=1S/C13H14FN7/c1-2-21(10-6-4-3-5-9(10)14)12-8-7-16-20-11(8)17-13(18-12)19-15/h3-7H,2,15H2,1H3,(H2,16,17,18,19,20). The molecule has 0 saturated carbocycles. The first-order chi connectivity index (χ1) is 10.2. The van der Waals surface area contributed by atoms with Gasteiger partial charge in [0.15, 0.2) is 5.65 Å². The fourth-order valence-electron chi connectivity index (χ4n) is 2.19. The Kier molecular flexibility index (Phi) is 3.36. The molecule has 2 heterocycles. The number of hydrogen-bond donors (Lipinski definition) is 3. The van der Waals surface area contributed by atoms with Crippen molar-refractivity contribution in [3.05, 3.63) is 36.3 Å². The molecule has 0 unspecified atom stereocenters. The first kappa shape index (κ1) is 13.3. The van der Waals surface area contributed by atoms with Crippen LogP contribution in [0.1, 0.15) is 6.92 Å². The van der Waals surface area contributed by atoms with Gasteiger partial charge in [-0.2, -0.15) is 15.1 Å². The van der Waals surface area contributed by atoms with Crippen molar-refractivity contribution >= 4 is 28.5 Å². The van der Waals surface area contributed by atoms with E-state index in [1.807, 2.05) is 6.92 Å². The van der Waals surface area contributed by atoms with E-state index >= 15 is 0 Å². The summed E-state index contributed by atoms with van der Waals surface area (Å²) in [7, 11) is 0. The van der Waals surface area contributed by atoms with Gasteiger partial charge in [0.2, 0.25) is 5.95 Å². The highest BCUT2D eigenvalue weighted by Crippen LogP contribution is 2.31. The van der Waals surface area contributed by atoms with Crippen LogP contribution in [0.3, 0.4) is 0 Å². The molecule has 1 aromatic carbocycles. The van der Waals surface area contributed by atoms with Crippen molar-refractivity contribution < 1.29 is 4.39 Å². The second-order valence-corrected chi connectivity index (χ2v) is 4.34. The van der Waals surface area contributed by atoms with Crippen LogP contribution in [0.2, 0.25) is 0 Å². The largest absolute Gasteiger partial charge is 0.323 e. The van der Waals surface area contributed by atoms with Gasteiger partial charge in [-0.25, -0.2) is 10.2 Å². The van der Waals surface area contributed by atoms with Crippen molar-refractivity contribution in [2.45, 2.75) is 6.92 Å². The lowest BCUT2D eigenvalue weighted by Crippen LogP contribution is -2.20. The molecule has 0 radical (unpaired) electrons. The summed E-state index contributed by atoms with van der Waals surface area (Å²) in [6.07, 6.45) is 1.61. The lowest BCUT2D eigenvalue weighted by Gasteiger charge is -2.23. The van der Waals surface area contributed by atoms with Gasteiger partial charge in [0.05, 0.1) is 17.3 Å². The molecule has 0 aliphatic carbocycles.